The smallest absolute Gasteiger partial charge is 0.213 e. The molecule has 1 heterocycles. The molecule has 0 aromatic rings. The van der Waals surface area contributed by atoms with E-state index in [4.69, 9.17) is 0 Å². The van der Waals surface area contributed by atoms with Crippen LogP contribution in [0.15, 0.2) is 0 Å². The van der Waals surface area contributed by atoms with Gasteiger partial charge in [-0.25, -0.2) is 13.1 Å². The maximum absolute atomic E-state index is 12.0. The van der Waals surface area contributed by atoms with Crippen molar-refractivity contribution >= 4 is 10.0 Å². The Balaban J connectivity index is 2.34. The molecule has 2 atom stereocenters. The third-order valence-corrected chi connectivity index (χ3v) is 5.20. The van der Waals surface area contributed by atoms with Gasteiger partial charge in [-0.15, -0.1) is 0 Å². The topological polar surface area (TPSA) is 61.4 Å². The Bertz CT molecular complexity index is 326. The number of rotatable bonds is 7. The van der Waals surface area contributed by atoms with Gasteiger partial charge in [0.2, 0.25) is 10.0 Å². The highest BCUT2D eigenvalue weighted by Gasteiger charge is 2.19. The standard InChI is InChI=1S/C12H27N3O2S/c1-4-11(2)12(3)14-18(16,17)10-9-15-7-5-13-6-8-15/h11-14H,4-10H2,1-3H3. The summed E-state index contributed by atoms with van der Waals surface area (Å²) in [5.74, 6) is 0.576. The summed E-state index contributed by atoms with van der Waals surface area (Å²) in [6, 6.07) is 0.0167. The van der Waals surface area contributed by atoms with E-state index in [0.29, 0.717) is 12.5 Å². The minimum absolute atomic E-state index is 0.0167. The molecule has 5 nitrogen and oxygen atoms in total. The van der Waals surface area contributed by atoms with Crippen molar-refractivity contribution in [3.63, 3.8) is 0 Å². The van der Waals surface area contributed by atoms with Crippen LogP contribution in [-0.2, 0) is 10.0 Å². The largest absolute Gasteiger partial charge is 0.314 e. The van der Waals surface area contributed by atoms with E-state index in [-0.39, 0.29) is 11.8 Å². The number of piperazine rings is 1. The van der Waals surface area contributed by atoms with Crippen molar-refractivity contribution in [3.05, 3.63) is 0 Å². The molecule has 108 valence electrons. The van der Waals surface area contributed by atoms with E-state index in [9.17, 15) is 8.42 Å². The molecule has 18 heavy (non-hydrogen) atoms. The van der Waals surface area contributed by atoms with E-state index in [1.807, 2.05) is 6.92 Å². The van der Waals surface area contributed by atoms with Crippen molar-refractivity contribution in [2.45, 2.75) is 33.2 Å². The highest BCUT2D eigenvalue weighted by Crippen LogP contribution is 2.08. The zero-order valence-corrected chi connectivity index (χ0v) is 12.6. The summed E-state index contributed by atoms with van der Waals surface area (Å²) in [6.45, 7) is 10.5. The van der Waals surface area contributed by atoms with Crippen LogP contribution in [0.4, 0.5) is 0 Å². The summed E-state index contributed by atoms with van der Waals surface area (Å²) in [7, 11) is -3.15. The zero-order chi connectivity index (χ0) is 13.6. The lowest BCUT2D eigenvalue weighted by Crippen LogP contribution is -2.47. The minimum atomic E-state index is -3.15. The van der Waals surface area contributed by atoms with Crippen LogP contribution in [0.3, 0.4) is 0 Å². The molecule has 0 aromatic carbocycles. The van der Waals surface area contributed by atoms with Gasteiger partial charge in [0.15, 0.2) is 0 Å². The van der Waals surface area contributed by atoms with E-state index in [2.05, 4.69) is 28.8 Å². The van der Waals surface area contributed by atoms with Crippen LogP contribution < -0.4 is 10.0 Å². The fourth-order valence-electron chi connectivity index (χ4n) is 2.00. The van der Waals surface area contributed by atoms with E-state index in [1.165, 1.54) is 0 Å². The van der Waals surface area contributed by atoms with Crippen LogP contribution in [0, 0.1) is 5.92 Å². The predicted octanol–water partition coefficient (Wildman–Crippen LogP) is 0.246. The molecule has 1 aliphatic heterocycles. The van der Waals surface area contributed by atoms with Crippen molar-refractivity contribution in [1.82, 2.24) is 14.9 Å². The average molecular weight is 277 g/mol. The van der Waals surface area contributed by atoms with E-state index >= 15 is 0 Å². The first-order chi connectivity index (χ1) is 8.44. The van der Waals surface area contributed by atoms with E-state index in [1.54, 1.807) is 0 Å². The fourth-order valence-corrected chi connectivity index (χ4v) is 3.41. The van der Waals surface area contributed by atoms with E-state index < -0.39 is 10.0 Å². The van der Waals surface area contributed by atoms with Crippen LogP contribution in [-0.4, -0.2) is 57.8 Å². The lowest BCUT2D eigenvalue weighted by atomic mass is 10.0. The van der Waals surface area contributed by atoms with Gasteiger partial charge in [-0.05, 0) is 12.8 Å². The Morgan fingerprint density at radius 3 is 2.44 bits per heavy atom. The first-order valence-corrected chi connectivity index (χ1v) is 8.53. The molecule has 0 bridgehead atoms. The normalized spacial score (nSPS) is 21.7. The summed E-state index contributed by atoms with van der Waals surface area (Å²) in [5.41, 5.74) is 0. The molecule has 1 fully saturated rings. The first-order valence-electron chi connectivity index (χ1n) is 6.87. The number of hydrogen-bond acceptors (Lipinski definition) is 4. The van der Waals surface area contributed by atoms with Crippen LogP contribution in [0.5, 0.6) is 0 Å². The second kappa shape index (κ2) is 7.43. The molecule has 1 saturated heterocycles. The molecule has 0 radical (unpaired) electrons. The molecule has 6 heteroatoms. The highest BCUT2D eigenvalue weighted by molar-refractivity contribution is 7.89. The minimum Gasteiger partial charge on any atom is -0.314 e. The molecule has 1 aliphatic rings. The number of hydrogen-bond donors (Lipinski definition) is 2. The predicted molar refractivity (Wildman–Crippen MR) is 75.1 cm³/mol. The maximum Gasteiger partial charge on any atom is 0.213 e. The average Bonchev–Trinajstić information content (AvgIpc) is 2.36. The van der Waals surface area contributed by atoms with Crippen LogP contribution in [0.2, 0.25) is 0 Å². The SMILES string of the molecule is CCC(C)C(C)NS(=O)(=O)CCN1CCNCC1. The lowest BCUT2D eigenvalue weighted by molar-refractivity contribution is 0.253. The molecule has 2 unspecified atom stereocenters. The van der Waals surface area contributed by atoms with Gasteiger partial charge in [-0.1, -0.05) is 20.3 Å². The summed E-state index contributed by atoms with van der Waals surface area (Å²) in [5, 5.41) is 3.26. The van der Waals surface area contributed by atoms with Gasteiger partial charge in [0.1, 0.15) is 0 Å². The second-order valence-corrected chi connectivity index (χ2v) is 7.08. The molecular weight excluding hydrogens is 250 g/mol. The Morgan fingerprint density at radius 1 is 1.28 bits per heavy atom. The fraction of sp³-hybridized carbons (Fsp3) is 1.00. The zero-order valence-electron chi connectivity index (χ0n) is 11.8. The van der Waals surface area contributed by atoms with Gasteiger partial charge < -0.3 is 5.32 Å². The number of nitrogens with one attached hydrogen (secondary N) is 2. The molecule has 0 spiro atoms. The number of sulfonamides is 1. The van der Waals surface area contributed by atoms with Crippen molar-refractivity contribution in [2.24, 2.45) is 5.92 Å². The Hall–Kier alpha value is -0.170. The highest BCUT2D eigenvalue weighted by atomic mass is 32.2. The van der Waals surface area contributed by atoms with Crippen LogP contribution >= 0.6 is 0 Å². The summed E-state index contributed by atoms with van der Waals surface area (Å²) < 4.78 is 26.7. The third-order valence-electron chi connectivity index (χ3n) is 3.75. The second-order valence-electron chi connectivity index (χ2n) is 5.20. The van der Waals surface area contributed by atoms with Gasteiger partial charge >= 0.3 is 0 Å². The Kier molecular flexibility index (Phi) is 6.55. The van der Waals surface area contributed by atoms with Crippen LogP contribution in [0.25, 0.3) is 0 Å². The van der Waals surface area contributed by atoms with Crippen LogP contribution in [0.1, 0.15) is 27.2 Å². The van der Waals surface area contributed by atoms with Crippen molar-refractivity contribution in [1.29, 1.82) is 0 Å². The van der Waals surface area contributed by atoms with Gasteiger partial charge in [0.25, 0.3) is 0 Å². The van der Waals surface area contributed by atoms with Gasteiger partial charge in [-0.3, -0.25) is 4.90 Å². The molecule has 2 N–H and O–H groups in total. The monoisotopic (exact) mass is 277 g/mol. The third kappa shape index (κ3) is 5.65. The Morgan fingerprint density at radius 2 is 1.89 bits per heavy atom. The van der Waals surface area contributed by atoms with Gasteiger partial charge in [0, 0.05) is 38.8 Å². The Labute approximate surface area is 111 Å². The quantitative estimate of drug-likeness (QED) is 0.700. The molecule has 0 amide bonds. The van der Waals surface area contributed by atoms with Gasteiger partial charge in [-0.2, -0.15) is 0 Å². The molecule has 0 saturated carbocycles. The van der Waals surface area contributed by atoms with Gasteiger partial charge in [0.05, 0.1) is 5.75 Å². The van der Waals surface area contributed by atoms with E-state index in [0.717, 1.165) is 32.6 Å². The molecule has 0 aromatic heterocycles. The molecule has 1 rings (SSSR count). The van der Waals surface area contributed by atoms with Crippen molar-refractivity contribution in [2.75, 3.05) is 38.5 Å². The molecule has 0 aliphatic carbocycles. The summed E-state index contributed by atoms with van der Waals surface area (Å²) in [4.78, 5) is 2.20. The van der Waals surface area contributed by atoms with Crippen molar-refractivity contribution in [3.8, 4) is 0 Å². The first kappa shape index (κ1) is 15.9. The number of nitrogens with zero attached hydrogens (tertiary/aromatic N) is 1. The van der Waals surface area contributed by atoms with Crippen molar-refractivity contribution < 1.29 is 8.42 Å². The lowest BCUT2D eigenvalue weighted by Gasteiger charge is -2.27. The maximum atomic E-state index is 12.0. The summed E-state index contributed by atoms with van der Waals surface area (Å²) >= 11 is 0. The summed E-state index contributed by atoms with van der Waals surface area (Å²) in [6.07, 6.45) is 0.988. The molecular formula is C12H27N3O2S.